The van der Waals surface area contributed by atoms with Crippen molar-refractivity contribution in [3.63, 3.8) is 0 Å². The number of likely N-dealkylation sites (N-methyl/N-ethyl adjacent to an activating group) is 1. The summed E-state index contributed by atoms with van der Waals surface area (Å²) < 4.78 is 5.66. The first-order valence-electron chi connectivity index (χ1n) is 5.42. The molecule has 4 heteroatoms. The van der Waals surface area contributed by atoms with E-state index in [1.54, 1.807) is 31.9 Å². The normalized spacial score (nSPS) is 19.3. The van der Waals surface area contributed by atoms with Gasteiger partial charge in [-0.05, 0) is 26.0 Å². The Hall–Kier alpha value is -2.02. The van der Waals surface area contributed by atoms with Gasteiger partial charge in [0.05, 0.1) is 17.2 Å². The molecule has 1 aliphatic heterocycles. The largest absolute Gasteiger partial charge is 0.477 e. The number of hydrogen-bond acceptors (Lipinski definition) is 3. The van der Waals surface area contributed by atoms with Gasteiger partial charge in [-0.15, -0.1) is 0 Å². The summed E-state index contributed by atoms with van der Waals surface area (Å²) in [6, 6.07) is 9.44. The van der Waals surface area contributed by atoms with Crippen molar-refractivity contribution in [2.45, 2.75) is 20.0 Å². The van der Waals surface area contributed by atoms with E-state index < -0.39 is 11.5 Å². The van der Waals surface area contributed by atoms with Gasteiger partial charge in [-0.3, -0.25) is 4.79 Å². The Balaban J connectivity index is 2.45. The number of fused-ring (bicyclic) bond motifs is 1. The molecule has 2 rings (SSSR count). The van der Waals surface area contributed by atoms with Crippen LogP contribution in [0.2, 0.25) is 0 Å². The molecule has 0 saturated heterocycles. The minimum atomic E-state index is -0.848. The quantitative estimate of drug-likeness (QED) is 0.741. The first-order valence-corrected chi connectivity index (χ1v) is 5.42. The van der Waals surface area contributed by atoms with Crippen LogP contribution in [0.1, 0.15) is 13.8 Å². The molecule has 0 fully saturated rings. The predicted octanol–water partition coefficient (Wildman–Crippen LogP) is 1.96. The van der Waals surface area contributed by atoms with Gasteiger partial charge in [0, 0.05) is 7.05 Å². The van der Waals surface area contributed by atoms with Crippen LogP contribution in [0, 0.1) is 16.7 Å². The number of benzene rings is 1. The van der Waals surface area contributed by atoms with Crippen molar-refractivity contribution in [2.24, 2.45) is 5.41 Å². The maximum atomic E-state index is 12.1. The first kappa shape index (κ1) is 11.5. The molecular weight excluding hydrogens is 216 g/mol. The third-order valence-corrected chi connectivity index (χ3v) is 2.97. The molecule has 1 amide bonds. The van der Waals surface area contributed by atoms with E-state index in [-0.39, 0.29) is 5.91 Å². The number of rotatable bonds is 1. The fourth-order valence-corrected chi connectivity index (χ4v) is 1.82. The van der Waals surface area contributed by atoms with Gasteiger partial charge in [-0.1, -0.05) is 12.1 Å². The van der Waals surface area contributed by atoms with Crippen molar-refractivity contribution in [2.75, 3.05) is 11.9 Å². The topological polar surface area (TPSA) is 53.3 Å². The second-order valence-electron chi connectivity index (χ2n) is 4.70. The molecule has 17 heavy (non-hydrogen) atoms. The molecule has 4 nitrogen and oxygen atoms in total. The SMILES string of the molecule is CN1C(=O)C(C(C)(C)C#N)Oc2ccccc21. The van der Waals surface area contributed by atoms with Gasteiger partial charge in [0.25, 0.3) is 5.91 Å². The van der Waals surface area contributed by atoms with E-state index in [0.29, 0.717) is 5.75 Å². The van der Waals surface area contributed by atoms with Crippen LogP contribution in [0.4, 0.5) is 5.69 Å². The number of ether oxygens (including phenoxy) is 1. The van der Waals surface area contributed by atoms with Crippen LogP contribution in [0.25, 0.3) is 0 Å². The molecule has 0 saturated carbocycles. The second kappa shape index (κ2) is 3.77. The molecule has 1 heterocycles. The Bertz CT molecular complexity index is 502. The van der Waals surface area contributed by atoms with Crippen molar-refractivity contribution in [3.8, 4) is 11.8 Å². The Labute approximate surface area is 100 Å². The fourth-order valence-electron chi connectivity index (χ4n) is 1.82. The van der Waals surface area contributed by atoms with Crippen LogP contribution in [-0.2, 0) is 4.79 Å². The van der Waals surface area contributed by atoms with E-state index in [2.05, 4.69) is 6.07 Å². The van der Waals surface area contributed by atoms with Crippen molar-refractivity contribution in [3.05, 3.63) is 24.3 Å². The van der Waals surface area contributed by atoms with Gasteiger partial charge >= 0.3 is 0 Å². The number of carbonyl (C=O) groups is 1. The zero-order valence-electron chi connectivity index (χ0n) is 10.1. The molecule has 1 atom stereocenters. The lowest BCUT2D eigenvalue weighted by Gasteiger charge is -2.36. The number of para-hydroxylation sites is 2. The predicted molar refractivity (Wildman–Crippen MR) is 63.7 cm³/mol. The Morgan fingerprint density at radius 3 is 2.71 bits per heavy atom. The lowest BCUT2D eigenvalue weighted by atomic mass is 9.86. The van der Waals surface area contributed by atoms with Crippen LogP contribution in [0.15, 0.2) is 24.3 Å². The van der Waals surface area contributed by atoms with Crippen molar-refractivity contribution in [1.82, 2.24) is 0 Å². The third-order valence-electron chi connectivity index (χ3n) is 2.97. The van der Waals surface area contributed by atoms with E-state index in [0.717, 1.165) is 5.69 Å². The van der Waals surface area contributed by atoms with Crippen molar-refractivity contribution in [1.29, 1.82) is 5.26 Å². The van der Waals surface area contributed by atoms with Gasteiger partial charge in [-0.25, -0.2) is 0 Å². The summed E-state index contributed by atoms with van der Waals surface area (Å²) in [6.45, 7) is 3.41. The summed E-state index contributed by atoms with van der Waals surface area (Å²) >= 11 is 0. The molecule has 0 aromatic heterocycles. The summed E-state index contributed by atoms with van der Waals surface area (Å²) in [6.07, 6.45) is -0.757. The summed E-state index contributed by atoms with van der Waals surface area (Å²) in [5.41, 5.74) is -0.110. The lowest BCUT2D eigenvalue weighted by Crippen LogP contribution is -2.50. The molecule has 88 valence electrons. The van der Waals surface area contributed by atoms with Crippen molar-refractivity contribution < 1.29 is 9.53 Å². The van der Waals surface area contributed by atoms with E-state index in [1.165, 1.54) is 0 Å². The van der Waals surface area contributed by atoms with Gasteiger partial charge in [0.15, 0.2) is 6.10 Å². The molecule has 1 aliphatic rings. The van der Waals surface area contributed by atoms with Crippen molar-refractivity contribution >= 4 is 11.6 Å². The average molecular weight is 230 g/mol. The molecule has 0 radical (unpaired) electrons. The smallest absolute Gasteiger partial charge is 0.269 e. The number of hydrogen-bond donors (Lipinski definition) is 0. The van der Waals surface area contributed by atoms with Crippen LogP contribution in [0.3, 0.4) is 0 Å². The van der Waals surface area contributed by atoms with Gasteiger partial charge in [0.1, 0.15) is 5.75 Å². The minimum Gasteiger partial charge on any atom is -0.477 e. The van der Waals surface area contributed by atoms with Crippen LogP contribution in [0.5, 0.6) is 5.75 Å². The molecule has 0 spiro atoms. The highest BCUT2D eigenvalue weighted by molar-refractivity contribution is 6.00. The standard InChI is InChI=1S/C13H14N2O2/c1-13(2,8-14)11-12(16)15(3)9-6-4-5-7-10(9)17-11/h4-7,11H,1-3H3. The van der Waals surface area contributed by atoms with Crippen LogP contribution < -0.4 is 9.64 Å². The highest BCUT2D eigenvalue weighted by Crippen LogP contribution is 2.37. The molecule has 0 N–H and O–H groups in total. The second-order valence-corrected chi connectivity index (χ2v) is 4.70. The van der Waals surface area contributed by atoms with E-state index in [4.69, 9.17) is 10.00 Å². The number of nitriles is 1. The molecule has 0 aliphatic carbocycles. The molecule has 1 aromatic rings. The van der Waals surface area contributed by atoms with E-state index in [9.17, 15) is 4.79 Å². The monoisotopic (exact) mass is 230 g/mol. The van der Waals surface area contributed by atoms with Crippen LogP contribution in [-0.4, -0.2) is 19.1 Å². The maximum Gasteiger partial charge on any atom is 0.269 e. The van der Waals surface area contributed by atoms with Gasteiger partial charge in [-0.2, -0.15) is 5.26 Å². The Morgan fingerprint density at radius 2 is 2.06 bits per heavy atom. The summed E-state index contributed by atoms with van der Waals surface area (Å²) in [4.78, 5) is 13.7. The summed E-state index contributed by atoms with van der Waals surface area (Å²) in [7, 11) is 1.70. The third kappa shape index (κ3) is 1.74. The minimum absolute atomic E-state index is 0.185. The van der Waals surface area contributed by atoms with E-state index >= 15 is 0 Å². The zero-order chi connectivity index (χ0) is 12.6. The summed E-state index contributed by atoms with van der Waals surface area (Å²) in [5.74, 6) is 0.457. The number of amides is 1. The summed E-state index contributed by atoms with van der Waals surface area (Å²) in [5, 5.41) is 9.10. The molecule has 1 unspecified atom stereocenters. The lowest BCUT2D eigenvalue weighted by molar-refractivity contribution is -0.129. The first-order chi connectivity index (χ1) is 7.97. The number of carbonyl (C=O) groups excluding carboxylic acids is 1. The fraction of sp³-hybridized carbons (Fsp3) is 0.385. The zero-order valence-corrected chi connectivity index (χ0v) is 10.1. The molecule has 0 bridgehead atoms. The Morgan fingerprint density at radius 1 is 1.41 bits per heavy atom. The van der Waals surface area contributed by atoms with E-state index in [1.807, 2.05) is 18.2 Å². The van der Waals surface area contributed by atoms with Gasteiger partial charge < -0.3 is 9.64 Å². The van der Waals surface area contributed by atoms with Gasteiger partial charge in [0.2, 0.25) is 0 Å². The molecular formula is C13H14N2O2. The maximum absolute atomic E-state index is 12.1. The Kier molecular flexibility index (Phi) is 2.55. The van der Waals surface area contributed by atoms with Crippen LogP contribution >= 0.6 is 0 Å². The molecule has 1 aromatic carbocycles. The number of nitrogens with zero attached hydrogens (tertiary/aromatic N) is 2. The average Bonchev–Trinajstić information content (AvgIpc) is 2.33. The highest BCUT2D eigenvalue weighted by atomic mass is 16.5. The number of anilines is 1. The highest BCUT2D eigenvalue weighted by Gasteiger charge is 2.43.